The van der Waals surface area contributed by atoms with E-state index in [1.165, 1.54) is 35.7 Å². The highest BCUT2D eigenvalue weighted by Gasteiger charge is 2.14. The summed E-state index contributed by atoms with van der Waals surface area (Å²) in [5.74, 6) is -0.577. The fourth-order valence-corrected chi connectivity index (χ4v) is 4.04. The number of carbonyl (C=O) groups excluding carboxylic acids is 2. The third kappa shape index (κ3) is 7.02. The molecular formula is C20H19BrO3S2. The number of hydrogen-bond donors (Lipinski definition) is 0. The molecule has 1 heterocycles. The van der Waals surface area contributed by atoms with Crippen molar-refractivity contribution in [2.24, 2.45) is 0 Å². The van der Waals surface area contributed by atoms with Crippen molar-refractivity contribution in [1.82, 2.24) is 0 Å². The molecule has 0 spiro atoms. The number of benzene rings is 1. The van der Waals surface area contributed by atoms with Gasteiger partial charge in [-0.2, -0.15) is 0 Å². The minimum absolute atomic E-state index is 0.149. The van der Waals surface area contributed by atoms with E-state index in [-0.39, 0.29) is 5.78 Å². The minimum atomic E-state index is -0.429. The van der Waals surface area contributed by atoms with E-state index in [4.69, 9.17) is 4.74 Å². The smallest absolute Gasteiger partial charge is 0.330 e. The summed E-state index contributed by atoms with van der Waals surface area (Å²) in [4.78, 5) is 24.4. The van der Waals surface area contributed by atoms with Gasteiger partial charge in [-0.05, 0) is 47.1 Å². The Kier molecular flexibility index (Phi) is 9.01. The molecule has 0 saturated carbocycles. The monoisotopic (exact) mass is 450 g/mol. The molecule has 6 heteroatoms. The van der Waals surface area contributed by atoms with Gasteiger partial charge in [-0.25, -0.2) is 4.79 Å². The molecule has 136 valence electrons. The van der Waals surface area contributed by atoms with E-state index in [2.05, 4.69) is 15.9 Å². The fraction of sp³-hybridized carbons (Fsp3) is 0.200. The molecule has 1 aliphatic rings. The summed E-state index contributed by atoms with van der Waals surface area (Å²) in [5.41, 5.74) is 1.42. The lowest BCUT2D eigenvalue weighted by molar-refractivity contribution is -0.137. The predicted octanol–water partition coefficient (Wildman–Crippen LogP) is 6.09. The largest absolute Gasteiger partial charge is 0.463 e. The van der Waals surface area contributed by atoms with Crippen LogP contribution in [0.25, 0.3) is 6.08 Å². The van der Waals surface area contributed by atoms with Crippen LogP contribution in [0.4, 0.5) is 0 Å². The van der Waals surface area contributed by atoms with Crippen molar-refractivity contribution >= 4 is 57.3 Å². The van der Waals surface area contributed by atoms with E-state index in [1.807, 2.05) is 42.0 Å². The van der Waals surface area contributed by atoms with Crippen LogP contribution in [0.15, 0.2) is 67.6 Å². The molecule has 0 atom stereocenters. The lowest BCUT2D eigenvalue weighted by atomic mass is 10.1. The van der Waals surface area contributed by atoms with Gasteiger partial charge in [0.15, 0.2) is 5.78 Å². The third-order valence-corrected chi connectivity index (χ3v) is 6.01. The second-order valence-electron chi connectivity index (χ2n) is 5.31. The second-order valence-corrected chi connectivity index (χ2v) is 8.32. The van der Waals surface area contributed by atoms with Crippen molar-refractivity contribution in [3.63, 3.8) is 0 Å². The van der Waals surface area contributed by atoms with Crippen molar-refractivity contribution in [2.45, 2.75) is 19.8 Å². The minimum Gasteiger partial charge on any atom is -0.463 e. The molecule has 0 amide bonds. The number of ketones is 1. The van der Waals surface area contributed by atoms with Crippen LogP contribution < -0.4 is 0 Å². The van der Waals surface area contributed by atoms with Crippen LogP contribution in [0.5, 0.6) is 0 Å². The summed E-state index contributed by atoms with van der Waals surface area (Å²) in [7, 11) is 0. The molecule has 0 unspecified atom stereocenters. The molecule has 0 radical (unpaired) electrons. The fourth-order valence-electron chi connectivity index (χ4n) is 1.94. The zero-order valence-electron chi connectivity index (χ0n) is 14.3. The van der Waals surface area contributed by atoms with Gasteiger partial charge in [-0.1, -0.05) is 71.0 Å². The van der Waals surface area contributed by atoms with Gasteiger partial charge in [0.25, 0.3) is 0 Å². The highest BCUT2D eigenvalue weighted by atomic mass is 79.9. The van der Waals surface area contributed by atoms with Crippen LogP contribution in [0.2, 0.25) is 0 Å². The topological polar surface area (TPSA) is 43.4 Å². The van der Waals surface area contributed by atoms with E-state index in [0.29, 0.717) is 12.2 Å². The molecule has 0 aromatic heterocycles. The first-order chi connectivity index (χ1) is 12.6. The van der Waals surface area contributed by atoms with Crippen molar-refractivity contribution in [1.29, 1.82) is 0 Å². The number of thioether (sulfide) groups is 2. The summed E-state index contributed by atoms with van der Waals surface area (Å²) in [6.45, 7) is 2.43. The predicted molar refractivity (Wildman–Crippen MR) is 115 cm³/mol. The van der Waals surface area contributed by atoms with Crippen LogP contribution in [-0.2, 0) is 14.3 Å². The quantitative estimate of drug-likeness (QED) is 0.272. The normalized spacial score (nSPS) is 13.7. The Morgan fingerprint density at radius 2 is 1.77 bits per heavy atom. The maximum atomic E-state index is 12.6. The van der Waals surface area contributed by atoms with Gasteiger partial charge in [0.2, 0.25) is 0 Å². The lowest BCUT2D eigenvalue weighted by Gasteiger charge is -2.03. The van der Waals surface area contributed by atoms with Crippen molar-refractivity contribution in [3.05, 3.63) is 73.2 Å². The first-order valence-electron chi connectivity index (χ1n) is 8.15. The lowest BCUT2D eigenvalue weighted by Crippen LogP contribution is -2.03. The van der Waals surface area contributed by atoms with E-state index in [1.54, 1.807) is 12.2 Å². The standard InChI is InChI=1S/C20H19BrO3S2/c1-2-3-12-24-19(23)11-9-17(20-25-13-14-26-20)18(22)10-6-15-4-7-16(21)8-5-15/h4-11,13-14H,2-3,12H2,1H3/b10-6+,11-9+. The zero-order chi connectivity index (χ0) is 18.8. The molecule has 0 saturated heterocycles. The van der Waals surface area contributed by atoms with Crippen molar-refractivity contribution in [3.8, 4) is 0 Å². The first-order valence-corrected chi connectivity index (χ1v) is 10.7. The number of ether oxygens (including phenoxy) is 1. The maximum absolute atomic E-state index is 12.6. The number of unbranched alkanes of at least 4 members (excludes halogenated alkanes) is 1. The molecule has 0 bridgehead atoms. The summed E-state index contributed by atoms with van der Waals surface area (Å²) in [5, 5.41) is 3.83. The molecule has 2 rings (SSSR count). The van der Waals surface area contributed by atoms with Gasteiger partial charge in [0.1, 0.15) is 0 Å². The number of carbonyl (C=O) groups is 2. The average molecular weight is 451 g/mol. The number of halogens is 1. The Morgan fingerprint density at radius 3 is 2.42 bits per heavy atom. The van der Waals surface area contributed by atoms with Gasteiger partial charge in [-0.15, -0.1) is 0 Å². The van der Waals surface area contributed by atoms with E-state index >= 15 is 0 Å². The molecular weight excluding hydrogens is 432 g/mol. The van der Waals surface area contributed by atoms with Gasteiger partial charge in [0, 0.05) is 16.1 Å². The number of rotatable bonds is 8. The van der Waals surface area contributed by atoms with Crippen LogP contribution in [0, 0.1) is 0 Å². The molecule has 1 aliphatic heterocycles. The number of esters is 1. The molecule has 26 heavy (non-hydrogen) atoms. The van der Waals surface area contributed by atoms with Crippen molar-refractivity contribution < 1.29 is 14.3 Å². The molecule has 1 aromatic carbocycles. The van der Waals surface area contributed by atoms with Gasteiger partial charge in [-0.3, -0.25) is 4.79 Å². The summed E-state index contributed by atoms with van der Waals surface area (Å²) < 4.78 is 6.94. The molecule has 0 N–H and O–H groups in total. The van der Waals surface area contributed by atoms with E-state index in [9.17, 15) is 9.59 Å². The summed E-state index contributed by atoms with van der Waals surface area (Å²) in [6.07, 6.45) is 7.95. The Hall–Kier alpha value is -1.50. The van der Waals surface area contributed by atoms with Crippen LogP contribution in [0.1, 0.15) is 25.3 Å². The summed E-state index contributed by atoms with van der Waals surface area (Å²) >= 11 is 6.33. The molecule has 3 nitrogen and oxygen atoms in total. The van der Waals surface area contributed by atoms with Gasteiger partial charge < -0.3 is 4.74 Å². The van der Waals surface area contributed by atoms with Gasteiger partial charge >= 0.3 is 5.97 Å². The van der Waals surface area contributed by atoms with E-state index < -0.39 is 5.97 Å². The Morgan fingerprint density at radius 1 is 1.08 bits per heavy atom. The van der Waals surface area contributed by atoms with Crippen LogP contribution in [-0.4, -0.2) is 18.4 Å². The highest BCUT2D eigenvalue weighted by Crippen LogP contribution is 2.40. The Labute approximate surface area is 170 Å². The molecule has 0 aliphatic carbocycles. The number of allylic oxidation sites excluding steroid dienone is 3. The Bertz CT molecular complexity index is 752. The van der Waals surface area contributed by atoms with E-state index in [0.717, 1.165) is 27.1 Å². The van der Waals surface area contributed by atoms with Crippen LogP contribution >= 0.6 is 39.5 Å². The molecule has 0 fully saturated rings. The third-order valence-electron chi connectivity index (χ3n) is 3.32. The zero-order valence-corrected chi connectivity index (χ0v) is 17.5. The SMILES string of the molecule is CCCCOC(=O)/C=C/C(C(=O)/C=C/c1ccc(Br)cc1)=C1SC=CS1. The summed E-state index contributed by atoms with van der Waals surface area (Å²) in [6, 6.07) is 7.68. The second kappa shape index (κ2) is 11.3. The van der Waals surface area contributed by atoms with Crippen LogP contribution in [0.3, 0.4) is 0 Å². The maximum Gasteiger partial charge on any atom is 0.330 e. The van der Waals surface area contributed by atoms with Gasteiger partial charge in [0.05, 0.1) is 10.8 Å². The van der Waals surface area contributed by atoms with Crippen molar-refractivity contribution in [2.75, 3.05) is 6.61 Å². The molecule has 1 aromatic rings. The Balaban J connectivity index is 2.09. The first kappa shape index (κ1) is 20.8. The highest BCUT2D eigenvalue weighted by molar-refractivity contribution is 9.10. The average Bonchev–Trinajstić information content (AvgIpc) is 3.16. The number of hydrogen-bond acceptors (Lipinski definition) is 5.